The third kappa shape index (κ3) is 3.51. The molecule has 0 radical (unpaired) electrons. The van der Waals surface area contributed by atoms with E-state index in [1.54, 1.807) is 18.3 Å². The van der Waals surface area contributed by atoms with Gasteiger partial charge in [0.05, 0.1) is 5.56 Å². The van der Waals surface area contributed by atoms with Crippen LogP contribution >= 0.6 is 11.8 Å². The van der Waals surface area contributed by atoms with Gasteiger partial charge in [-0.2, -0.15) is 13.2 Å². The van der Waals surface area contributed by atoms with E-state index in [1.807, 2.05) is 6.07 Å². The molecule has 0 aliphatic heterocycles. The molecule has 2 heterocycles. The lowest BCUT2D eigenvalue weighted by Crippen LogP contribution is -2.12. The van der Waals surface area contributed by atoms with E-state index in [9.17, 15) is 13.2 Å². The molecule has 3 aromatic rings. The molecular weight excluding hydrogens is 339 g/mol. The number of pyridine rings is 1. The van der Waals surface area contributed by atoms with Crippen molar-refractivity contribution in [1.82, 2.24) is 19.9 Å². The maximum absolute atomic E-state index is 12.5. The van der Waals surface area contributed by atoms with Crippen LogP contribution < -0.4 is 5.84 Å². The highest BCUT2D eigenvalue weighted by atomic mass is 32.2. The number of benzene rings is 1. The monoisotopic (exact) mass is 351 g/mol. The van der Waals surface area contributed by atoms with E-state index in [1.165, 1.54) is 28.6 Å². The number of rotatable bonds is 4. The molecule has 9 heteroatoms. The van der Waals surface area contributed by atoms with Crippen LogP contribution in [0, 0.1) is 0 Å². The lowest BCUT2D eigenvalue weighted by molar-refractivity contribution is -0.137. The Bertz CT molecular complexity index is 815. The summed E-state index contributed by atoms with van der Waals surface area (Å²) < 4.78 is 38.9. The first kappa shape index (κ1) is 16.3. The van der Waals surface area contributed by atoms with Gasteiger partial charge in [-0.25, -0.2) is 4.68 Å². The minimum absolute atomic E-state index is 0.422. The smallest absolute Gasteiger partial charge is 0.335 e. The van der Waals surface area contributed by atoms with Crippen molar-refractivity contribution in [1.29, 1.82) is 0 Å². The predicted molar refractivity (Wildman–Crippen MR) is 84.4 cm³/mol. The van der Waals surface area contributed by atoms with Gasteiger partial charge in [-0.05, 0) is 29.8 Å². The summed E-state index contributed by atoms with van der Waals surface area (Å²) in [5.41, 5.74) is 0.653. The molecule has 0 aliphatic carbocycles. The number of nitrogens with two attached hydrogens (primary N) is 1. The molecule has 0 bridgehead atoms. The first-order valence-corrected chi connectivity index (χ1v) is 7.84. The van der Waals surface area contributed by atoms with Gasteiger partial charge in [-0.15, -0.1) is 10.2 Å². The number of hydrogen-bond acceptors (Lipinski definition) is 5. The third-order valence-corrected chi connectivity index (χ3v) is 4.22. The van der Waals surface area contributed by atoms with Crippen LogP contribution in [0.25, 0.3) is 11.5 Å². The van der Waals surface area contributed by atoms with E-state index in [-0.39, 0.29) is 0 Å². The lowest BCUT2D eigenvalue weighted by atomic mass is 10.1. The molecule has 3 rings (SSSR count). The van der Waals surface area contributed by atoms with Gasteiger partial charge >= 0.3 is 6.18 Å². The standard InChI is InChI=1S/C15H12F3N5S/c16-15(17,18)11-6-4-10(5-7-11)9-24-14-22-21-13(23(14)19)12-3-1-2-8-20-12/h1-8H,9,19H2. The van der Waals surface area contributed by atoms with Crippen LogP contribution in [0.15, 0.2) is 53.8 Å². The van der Waals surface area contributed by atoms with Crippen molar-refractivity contribution >= 4 is 11.8 Å². The molecular formula is C15H12F3N5S. The van der Waals surface area contributed by atoms with Gasteiger partial charge in [0.15, 0.2) is 0 Å². The summed E-state index contributed by atoms with van der Waals surface area (Å²) >= 11 is 1.28. The van der Waals surface area contributed by atoms with Gasteiger partial charge in [-0.1, -0.05) is 30.0 Å². The highest BCUT2D eigenvalue weighted by Gasteiger charge is 2.29. The second-order valence-corrected chi connectivity index (χ2v) is 5.82. The number of halogens is 3. The summed E-state index contributed by atoms with van der Waals surface area (Å²) in [7, 11) is 0. The van der Waals surface area contributed by atoms with Gasteiger partial charge in [0.2, 0.25) is 11.0 Å². The quantitative estimate of drug-likeness (QED) is 0.576. The van der Waals surface area contributed by atoms with Crippen molar-refractivity contribution in [3.63, 3.8) is 0 Å². The largest absolute Gasteiger partial charge is 0.416 e. The number of alkyl halides is 3. The third-order valence-electron chi connectivity index (χ3n) is 3.21. The molecule has 1 aromatic carbocycles. The van der Waals surface area contributed by atoms with Gasteiger partial charge in [0, 0.05) is 11.9 Å². The fourth-order valence-corrected chi connectivity index (χ4v) is 2.80. The number of aromatic nitrogens is 4. The van der Waals surface area contributed by atoms with Crippen LogP contribution in [0.5, 0.6) is 0 Å². The summed E-state index contributed by atoms with van der Waals surface area (Å²) in [4.78, 5) is 4.15. The van der Waals surface area contributed by atoms with Crippen LogP contribution in [-0.4, -0.2) is 19.9 Å². The van der Waals surface area contributed by atoms with Crippen molar-refractivity contribution < 1.29 is 13.2 Å². The Morgan fingerprint density at radius 3 is 2.42 bits per heavy atom. The van der Waals surface area contributed by atoms with Crippen molar-refractivity contribution in [3.05, 3.63) is 59.8 Å². The highest BCUT2D eigenvalue weighted by molar-refractivity contribution is 7.98. The highest BCUT2D eigenvalue weighted by Crippen LogP contribution is 2.30. The molecule has 24 heavy (non-hydrogen) atoms. The van der Waals surface area contributed by atoms with Crippen molar-refractivity contribution in [2.24, 2.45) is 0 Å². The second kappa shape index (κ2) is 6.52. The Balaban J connectivity index is 1.71. The maximum Gasteiger partial charge on any atom is 0.416 e. The minimum atomic E-state index is -4.33. The van der Waals surface area contributed by atoms with E-state index >= 15 is 0 Å². The maximum atomic E-state index is 12.5. The first-order chi connectivity index (χ1) is 11.4. The minimum Gasteiger partial charge on any atom is -0.335 e. The van der Waals surface area contributed by atoms with Gasteiger partial charge in [-0.3, -0.25) is 4.98 Å². The number of nitrogen functional groups attached to an aromatic ring is 1. The molecule has 124 valence electrons. The lowest BCUT2D eigenvalue weighted by Gasteiger charge is -2.07. The second-order valence-electron chi connectivity index (χ2n) is 4.87. The Hall–Kier alpha value is -2.55. The van der Waals surface area contributed by atoms with E-state index < -0.39 is 11.7 Å². The molecule has 0 spiro atoms. The van der Waals surface area contributed by atoms with Crippen molar-refractivity contribution in [3.8, 4) is 11.5 Å². The Morgan fingerprint density at radius 2 is 1.79 bits per heavy atom. The van der Waals surface area contributed by atoms with E-state index in [2.05, 4.69) is 15.2 Å². The number of thioether (sulfide) groups is 1. The number of nitrogens with zero attached hydrogens (tertiary/aromatic N) is 4. The fourth-order valence-electron chi connectivity index (χ4n) is 1.98. The summed E-state index contributed by atoms with van der Waals surface area (Å²) in [6.45, 7) is 0. The van der Waals surface area contributed by atoms with Crippen molar-refractivity contribution in [2.75, 3.05) is 5.84 Å². The van der Waals surface area contributed by atoms with Gasteiger partial charge < -0.3 is 5.84 Å². The molecule has 0 saturated carbocycles. The topological polar surface area (TPSA) is 69.6 Å². The zero-order valence-corrected chi connectivity index (χ0v) is 13.1. The average molecular weight is 351 g/mol. The molecule has 5 nitrogen and oxygen atoms in total. The Morgan fingerprint density at radius 1 is 1.04 bits per heavy atom. The summed E-state index contributed by atoms with van der Waals surface area (Å²) in [5, 5.41) is 8.45. The summed E-state index contributed by atoms with van der Waals surface area (Å²) in [6.07, 6.45) is -2.71. The van der Waals surface area contributed by atoms with Crippen LogP contribution in [0.3, 0.4) is 0 Å². The van der Waals surface area contributed by atoms with Crippen LogP contribution in [0.2, 0.25) is 0 Å². The van der Waals surface area contributed by atoms with E-state index in [0.29, 0.717) is 22.4 Å². The molecule has 2 N–H and O–H groups in total. The Kier molecular flexibility index (Phi) is 4.43. The first-order valence-electron chi connectivity index (χ1n) is 6.86. The van der Waals surface area contributed by atoms with Gasteiger partial charge in [0.1, 0.15) is 5.69 Å². The van der Waals surface area contributed by atoms with Crippen LogP contribution in [0.1, 0.15) is 11.1 Å². The summed E-state index contributed by atoms with van der Waals surface area (Å²) in [5.74, 6) is 6.81. The summed E-state index contributed by atoms with van der Waals surface area (Å²) in [6, 6.07) is 10.3. The van der Waals surface area contributed by atoms with Crippen LogP contribution in [0.4, 0.5) is 13.2 Å². The average Bonchev–Trinajstić information content (AvgIpc) is 2.94. The van der Waals surface area contributed by atoms with Gasteiger partial charge in [0.25, 0.3) is 0 Å². The zero-order valence-electron chi connectivity index (χ0n) is 12.2. The predicted octanol–water partition coefficient (Wildman–Crippen LogP) is 3.37. The molecule has 0 aliphatic rings. The SMILES string of the molecule is Nn1c(SCc2ccc(C(F)(F)F)cc2)nnc1-c1ccccn1. The molecule has 0 saturated heterocycles. The molecule has 0 atom stereocenters. The molecule has 0 amide bonds. The van der Waals surface area contributed by atoms with E-state index in [0.717, 1.165) is 17.7 Å². The van der Waals surface area contributed by atoms with Crippen molar-refractivity contribution in [2.45, 2.75) is 17.1 Å². The normalized spacial score (nSPS) is 11.6. The molecule has 0 unspecified atom stereocenters. The fraction of sp³-hybridized carbons (Fsp3) is 0.133. The van der Waals surface area contributed by atoms with Crippen LogP contribution in [-0.2, 0) is 11.9 Å². The van der Waals surface area contributed by atoms with E-state index in [4.69, 9.17) is 5.84 Å². The molecule has 0 fully saturated rings. The number of hydrogen-bond donors (Lipinski definition) is 1. The zero-order chi connectivity index (χ0) is 17.2. The molecule has 2 aromatic heterocycles. The Labute approximate surface area is 139 Å².